The molecule has 1 aromatic heterocycles. The van der Waals surface area contributed by atoms with E-state index in [2.05, 4.69) is 12.0 Å². The molecule has 0 aliphatic rings. The fraction of sp³-hybridized carbons (Fsp3) is 0.231. The molecule has 4 nitrogen and oxygen atoms in total. The molecule has 2 aromatic rings. The molecule has 94 valence electrons. The standard InChI is InChI=1S/C13H13ClN2O2/c1-2-3-16-8-11(7-15-16)9-4-10(13(17)18)6-12(14)5-9/h4-8H,2-3H2,1H3,(H,17,18). The quantitative estimate of drug-likeness (QED) is 0.922. The molecule has 1 aromatic carbocycles. The monoisotopic (exact) mass is 264 g/mol. The normalized spacial score (nSPS) is 10.6. The summed E-state index contributed by atoms with van der Waals surface area (Å²) in [4.78, 5) is 11.0. The van der Waals surface area contributed by atoms with Crippen LogP contribution in [-0.2, 0) is 6.54 Å². The van der Waals surface area contributed by atoms with Crippen LogP contribution in [0.1, 0.15) is 23.7 Å². The zero-order valence-electron chi connectivity index (χ0n) is 9.93. The van der Waals surface area contributed by atoms with Crippen LogP contribution in [0.2, 0.25) is 5.02 Å². The molecule has 0 radical (unpaired) electrons. The number of carbonyl (C=O) groups is 1. The van der Waals surface area contributed by atoms with Gasteiger partial charge in [0.1, 0.15) is 0 Å². The maximum absolute atomic E-state index is 11.0. The number of halogens is 1. The van der Waals surface area contributed by atoms with Crippen molar-refractivity contribution in [1.82, 2.24) is 9.78 Å². The van der Waals surface area contributed by atoms with Gasteiger partial charge in [-0.1, -0.05) is 18.5 Å². The third kappa shape index (κ3) is 2.71. The van der Waals surface area contributed by atoms with Crippen LogP contribution in [0.25, 0.3) is 11.1 Å². The molecule has 18 heavy (non-hydrogen) atoms. The van der Waals surface area contributed by atoms with Gasteiger partial charge < -0.3 is 5.11 Å². The molecule has 2 rings (SSSR count). The number of carboxylic acids is 1. The fourth-order valence-corrected chi connectivity index (χ4v) is 1.98. The van der Waals surface area contributed by atoms with E-state index in [0.29, 0.717) is 5.02 Å². The van der Waals surface area contributed by atoms with Gasteiger partial charge in [0.05, 0.1) is 11.8 Å². The highest BCUT2D eigenvalue weighted by Crippen LogP contribution is 2.24. The van der Waals surface area contributed by atoms with E-state index in [-0.39, 0.29) is 5.56 Å². The van der Waals surface area contributed by atoms with Crippen molar-refractivity contribution < 1.29 is 9.90 Å². The summed E-state index contributed by atoms with van der Waals surface area (Å²) in [5.41, 5.74) is 1.82. The van der Waals surface area contributed by atoms with E-state index in [9.17, 15) is 4.79 Å². The molecule has 0 spiro atoms. The second-order valence-electron chi connectivity index (χ2n) is 4.03. The minimum absolute atomic E-state index is 0.181. The molecule has 0 aliphatic carbocycles. The number of rotatable bonds is 4. The number of aromatic carboxylic acids is 1. The number of nitrogens with zero attached hydrogens (tertiary/aromatic N) is 2. The molecule has 0 unspecified atom stereocenters. The van der Waals surface area contributed by atoms with Gasteiger partial charge in [-0.25, -0.2) is 4.79 Å². The first-order valence-electron chi connectivity index (χ1n) is 5.67. The van der Waals surface area contributed by atoms with Crippen LogP contribution in [0.4, 0.5) is 0 Å². The second-order valence-corrected chi connectivity index (χ2v) is 4.46. The van der Waals surface area contributed by atoms with Crippen LogP contribution in [0, 0.1) is 0 Å². The Labute approximate surface area is 110 Å². The summed E-state index contributed by atoms with van der Waals surface area (Å²) in [5, 5.41) is 13.6. The smallest absolute Gasteiger partial charge is 0.335 e. The first kappa shape index (κ1) is 12.6. The maximum Gasteiger partial charge on any atom is 0.335 e. The Balaban J connectivity index is 2.39. The van der Waals surface area contributed by atoms with Crippen LogP contribution >= 0.6 is 11.6 Å². The molecule has 0 atom stereocenters. The highest BCUT2D eigenvalue weighted by Gasteiger charge is 2.09. The number of aromatic nitrogens is 2. The lowest BCUT2D eigenvalue weighted by Gasteiger charge is -2.01. The Bertz CT molecular complexity index is 578. The van der Waals surface area contributed by atoms with Gasteiger partial charge in [0.25, 0.3) is 0 Å². The van der Waals surface area contributed by atoms with Crippen molar-refractivity contribution in [2.45, 2.75) is 19.9 Å². The van der Waals surface area contributed by atoms with Crippen molar-refractivity contribution in [1.29, 1.82) is 0 Å². The third-order valence-corrected chi connectivity index (χ3v) is 2.78. The van der Waals surface area contributed by atoms with E-state index in [1.54, 1.807) is 18.3 Å². The van der Waals surface area contributed by atoms with Crippen LogP contribution in [-0.4, -0.2) is 20.9 Å². The average Bonchev–Trinajstić information content (AvgIpc) is 2.77. The summed E-state index contributed by atoms with van der Waals surface area (Å²) in [6.07, 6.45) is 4.60. The molecule has 0 fully saturated rings. The molecule has 0 amide bonds. The SMILES string of the molecule is CCCn1cc(-c2cc(Cl)cc(C(=O)O)c2)cn1. The van der Waals surface area contributed by atoms with Gasteiger partial charge >= 0.3 is 5.97 Å². The van der Waals surface area contributed by atoms with E-state index in [0.717, 1.165) is 24.1 Å². The Morgan fingerprint density at radius 1 is 1.39 bits per heavy atom. The molecule has 1 N–H and O–H groups in total. The van der Waals surface area contributed by atoms with E-state index >= 15 is 0 Å². The largest absolute Gasteiger partial charge is 0.478 e. The first-order valence-corrected chi connectivity index (χ1v) is 6.04. The van der Waals surface area contributed by atoms with Gasteiger partial charge in [0.15, 0.2) is 0 Å². The lowest BCUT2D eigenvalue weighted by molar-refractivity contribution is 0.0697. The Morgan fingerprint density at radius 2 is 2.17 bits per heavy atom. The van der Waals surface area contributed by atoms with E-state index in [1.807, 2.05) is 10.9 Å². The highest BCUT2D eigenvalue weighted by molar-refractivity contribution is 6.31. The van der Waals surface area contributed by atoms with Crippen molar-refractivity contribution in [2.24, 2.45) is 0 Å². The zero-order valence-corrected chi connectivity index (χ0v) is 10.7. The van der Waals surface area contributed by atoms with Gasteiger partial charge in [-0.05, 0) is 30.2 Å². The average molecular weight is 265 g/mol. The molecule has 0 bridgehead atoms. The summed E-state index contributed by atoms with van der Waals surface area (Å²) < 4.78 is 1.83. The number of hydrogen-bond donors (Lipinski definition) is 1. The molecule has 0 aliphatic heterocycles. The molecular weight excluding hydrogens is 252 g/mol. The summed E-state index contributed by atoms with van der Waals surface area (Å²) in [6, 6.07) is 4.77. The molecular formula is C13H13ClN2O2. The fourth-order valence-electron chi connectivity index (χ4n) is 1.74. The van der Waals surface area contributed by atoms with E-state index in [4.69, 9.17) is 16.7 Å². The maximum atomic E-state index is 11.0. The molecule has 0 saturated carbocycles. The van der Waals surface area contributed by atoms with Gasteiger partial charge in [-0.3, -0.25) is 4.68 Å². The number of aryl methyl sites for hydroxylation is 1. The van der Waals surface area contributed by atoms with Crippen molar-refractivity contribution in [3.05, 3.63) is 41.2 Å². The van der Waals surface area contributed by atoms with Crippen LogP contribution < -0.4 is 0 Å². The summed E-state index contributed by atoms with van der Waals surface area (Å²) in [5.74, 6) is -0.986. The summed E-state index contributed by atoms with van der Waals surface area (Å²) in [6.45, 7) is 2.91. The first-order chi connectivity index (χ1) is 8.60. The second kappa shape index (κ2) is 5.23. The molecule has 5 heteroatoms. The highest BCUT2D eigenvalue weighted by atomic mass is 35.5. The van der Waals surface area contributed by atoms with Gasteiger partial charge in [-0.2, -0.15) is 5.10 Å². The van der Waals surface area contributed by atoms with E-state index in [1.165, 1.54) is 6.07 Å². The van der Waals surface area contributed by atoms with Crippen LogP contribution in [0.15, 0.2) is 30.6 Å². The van der Waals surface area contributed by atoms with Crippen molar-refractivity contribution in [2.75, 3.05) is 0 Å². The van der Waals surface area contributed by atoms with Crippen LogP contribution in [0.3, 0.4) is 0 Å². The Kier molecular flexibility index (Phi) is 3.67. The minimum Gasteiger partial charge on any atom is -0.478 e. The number of carboxylic acid groups (broad SMARTS) is 1. The van der Waals surface area contributed by atoms with Crippen LogP contribution in [0.5, 0.6) is 0 Å². The van der Waals surface area contributed by atoms with Gasteiger partial charge in [-0.15, -0.1) is 0 Å². The van der Waals surface area contributed by atoms with E-state index < -0.39 is 5.97 Å². The predicted octanol–water partition coefficient (Wildman–Crippen LogP) is 3.31. The van der Waals surface area contributed by atoms with Crippen molar-refractivity contribution in [3.63, 3.8) is 0 Å². The van der Waals surface area contributed by atoms with Crippen molar-refractivity contribution in [3.8, 4) is 11.1 Å². The van der Waals surface area contributed by atoms with Gasteiger partial charge in [0.2, 0.25) is 0 Å². The molecule has 1 heterocycles. The topological polar surface area (TPSA) is 55.1 Å². The summed E-state index contributed by atoms with van der Waals surface area (Å²) >= 11 is 5.92. The molecule has 0 saturated heterocycles. The predicted molar refractivity (Wildman–Crippen MR) is 69.9 cm³/mol. The number of benzene rings is 1. The minimum atomic E-state index is -0.986. The van der Waals surface area contributed by atoms with Crippen molar-refractivity contribution >= 4 is 17.6 Å². The lowest BCUT2D eigenvalue weighted by atomic mass is 10.1. The Morgan fingerprint density at radius 3 is 2.83 bits per heavy atom. The third-order valence-electron chi connectivity index (χ3n) is 2.56. The van der Waals surface area contributed by atoms with Gasteiger partial charge in [0, 0.05) is 23.3 Å². The number of hydrogen-bond acceptors (Lipinski definition) is 2. The lowest BCUT2D eigenvalue weighted by Crippen LogP contribution is -1.96. The Hall–Kier alpha value is -1.81. The summed E-state index contributed by atoms with van der Waals surface area (Å²) in [7, 11) is 0. The zero-order chi connectivity index (χ0) is 13.1.